The van der Waals surface area contributed by atoms with Gasteiger partial charge in [-0.3, -0.25) is 4.99 Å². The van der Waals surface area contributed by atoms with Gasteiger partial charge in [0.1, 0.15) is 0 Å². The Labute approximate surface area is 81.6 Å². The van der Waals surface area contributed by atoms with Gasteiger partial charge >= 0.3 is 0 Å². The largest absolute Gasteiger partial charge is 0.387 e. The van der Waals surface area contributed by atoms with Crippen LogP contribution in [0.5, 0.6) is 0 Å². The Kier molecular flexibility index (Phi) is 4.26. The van der Waals surface area contributed by atoms with E-state index in [1.807, 2.05) is 0 Å². The van der Waals surface area contributed by atoms with Crippen LogP contribution in [0.3, 0.4) is 0 Å². The van der Waals surface area contributed by atoms with Crippen LogP contribution < -0.4 is 5.73 Å². The Morgan fingerprint density at radius 2 is 2.00 bits per heavy atom. The SMILES string of the molecule is CCC(N)=NC1CCCCCC1C. The summed E-state index contributed by atoms with van der Waals surface area (Å²) in [6.07, 6.45) is 7.54. The average Bonchev–Trinajstić information content (AvgIpc) is 2.32. The van der Waals surface area contributed by atoms with E-state index in [1.54, 1.807) is 0 Å². The third-order valence-electron chi connectivity index (χ3n) is 3.01. The van der Waals surface area contributed by atoms with Crippen LogP contribution in [0.1, 0.15) is 52.4 Å². The Bertz CT molecular complexity index is 175. The third-order valence-corrected chi connectivity index (χ3v) is 3.01. The summed E-state index contributed by atoms with van der Waals surface area (Å²) in [6.45, 7) is 4.38. The van der Waals surface area contributed by atoms with Crippen molar-refractivity contribution in [1.29, 1.82) is 0 Å². The zero-order valence-corrected chi connectivity index (χ0v) is 8.92. The molecule has 1 aliphatic rings. The first kappa shape index (κ1) is 10.6. The minimum atomic E-state index is 0.502. The van der Waals surface area contributed by atoms with E-state index in [2.05, 4.69) is 18.8 Å². The normalized spacial score (nSPS) is 31.4. The number of nitrogens with zero attached hydrogens (tertiary/aromatic N) is 1. The molecule has 0 heterocycles. The molecule has 0 saturated heterocycles. The second-order valence-corrected chi connectivity index (χ2v) is 4.16. The van der Waals surface area contributed by atoms with E-state index in [-0.39, 0.29) is 0 Å². The Hall–Kier alpha value is -0.530. The number of hydrogen-bond acceptors (Lipinski definition) is 1. The van der Waals surface area contributed by atoms with Crippen LogP contribution in [0.15, 0.2) is 4.99 Å². The van der Waals surface area contributed by atoms with E-state index in [9.17, 15) is 0 Å². The van der Waals surface area contributed by atoms with E-state index in [4.69, 9.17) is 5.73 Å². The summed E-state index contributed by atoms with van der Waals surface area (Å²) < 4.78 is 0. The average molecular weight is 182 g/mol. The summed E-state index contributed by atoms with van der Waals surface area (Å²) in [7, 11) is 0. The molecule has 1 saturated carbocycles. The van der Waals surface area contributed by atoms with Gasteiger partial charge in [-0.25, -0.2) is 0 Å². The zero-order chi connectivity index (χ0) is 9.68. The first-order valence-corrected chi connectivity index (χ1v) is 5.56. The molecule has 0 radical (unpaired) electrons. The molecule has 0 aromatic carbocycles. The van der Waals surface area contributed by atoms with Crippen molar-refractivity contribution < 1.29 is 0 Å². The lowest BCUT2D eigenvalue weighted by molar-refractivity contribution is 0.433. The van der Waals surface area contributed by atoms with Crippen LogP contribution in [-0.2, 0) is 0 Å². The van der Waals surface area contributed by atoms with Crippen LogP contribution in [0.25, 0.3) is 0 Å². The lowest BCUT2D eigenvalue weighted by Crippen LogP contribution is -2.20. The first-order valence-electron chi connectivity index (χ1n) is 5.56. The molecular formula is C11H22N2. The Morgan fingerprint density at radius 1 is 1.31 bits per heavy atom. The maximum atomic E-state index is 5.77. The lowest BCUT2D eigenvalue weighted by Gasteiger charge is -2.17. The Balaban J connectivity index is 2.54. The van der Waals surface area contributed by atoms with Crippen molar-refractivity contribution in [3.63, 3.8) is 0 Å². The van der Waals surface area contributed by atoms with Crippen LogP contribution in [0.2, 0.25) is 0 Å². The standard InChI is InChI=1S/C11H22N2/c1-3-11(12)13-10-8-6-4-5-7-9(10)2/h9-10H,3-8H2,1-2H3,(H2,12,13). The molecule has 2 N–H and O–H groups in total. The fourth-order valence-electron chi connectivity index (χ4n) is 1.97. The highest BCUT2D eigenvalue weighted by atomic mass is 14.9. The van der Waals surface area contributed by atoms with Gasteiger partial charge in [0.15, 0.2) is 0 Å². The summed E-state index contributed by atoms with van der Waals surface area (Å²) in [6, 6.07) is 0.502. The molecule has 2 unspecified atom stereocenters. The molecule has 0 bridgehead atoms. The smallest absolute Gasteiger partial charge is 0.0937 e. The van der Waals surface area contributed by atoms with Crippen molar-refractivity contribution >= 4 is 5.84 Å². The summed E-state index contributed by atoms with van der Waals surface area (Å²) in [4.78, 5) is 4.59. The molecule has 0 aromatic heterocycles. The van der Waals surface area contributed by atoms with Crippen molar-refractivity contribution in [3.05, 3.63) is 0 Å². The second-order valence-electron chi connectivity index (χ2n) is 4.16. The van der Waals surface area contributed by atoms with E-state index in [0.717, 1.165) is 18.2 Å². The van der Waals surface area contributed by atoms with E-state index in [1.165, 1.54) is 32.1 Å². The molecule has 0 aliphatic heterocycles. The molecule has 0 aromatic rings. The van der Waals surface area contributed by atoms with Gasteiger partial charge in [-0.1, -0.05) is 33.1 Å². The maximum absolute atomic E-state index is 5.77. The number of rotatable bonds is 2. The molecular weight excluding hydrogens is 160 g/mol. The van der Waals surface area contributed by atoms with Gasteiger partial charge in [0.25, 0.3) is 0 Å². The van der Waals surface area contributed by atoms with Gasteiger partial charge in [0.05, 0.1) is 11.9 Å². The molecule has 2 nitrogen and oxygen atoms in total. The lowest BCUT2D eigenvalue weighted by atomic mass is 9.97. The van der Waals surface area contributed by atoms with Gasteiger partial charge in [-0.2, -0.15) is 0 Å². The summed E-state index contributed by atoms with van der Waals surface area (Å²) in [5.74, 6) is 1.56. The monoisotopic (exact) mass is 182 g/mol. The van der Waals surface area contributed by atoms with Crippen molar-refractivity contribution in [2.45, 2.75) is 58.4 Å². The predicted octanol–water partition coefficient (Wildman–Crippen LogP) is 2.72. The van der Waals surface area contributed by atoms with Crippen LogP contribution in [0.4, 0.5) is 0 Å². The first-order chi connectivity index (χ1) is 6.24. The zero-order valence-electron chi connectivity index (χ0n) is 8.92. The van der Waals surface area contributed by atoms with Gasteiger partial charge in [-0.15, -0.1) is 0 Å². The highest BCUT2D eigenvalue weighted by Gasteiger charge is 2.18. The minimum absolute atomic E-state index is 0.502. The number of hydrogen-bond donors (Lipinski definition) is 1. The summed E-state index contributed by atoms with van der Waals surface area (Å²) in [5, 5.41) is 0. The highest BCUT2D eigenvalue weighted by Crippen LogP contribution is 2.25. The minimum Gasteiger partial charge on any atom is -0.387 e. The van der Waals surface area contributed by atoms with Crippen LogP contribution >= 0.6 is 0 Å². The molecule has 1 fully saturated rings. The van der Waals surface area contributed by atoms with Crippen LogP contribution in [-0.4, -0.2) is 11.9 Å². The second kappa shape index (κ2) is 5.25. The number of amidine groups is 1. The molecule has 2 heteroatoms. The maximum Gasteiger partial charge on any atom is 0.0937 e. The predicted molar refractivity (Wildman–Crippen MR) is 58.0 cm³/mol. The topological polar surface area (TPSA) is 38.4 Å². The van der Waals surface area contributed by atoms with Gasteiger partial charge < -0.3 is 5.73 Å². The van der Waals surface area contributed by atoms with Crippen molar-refractivity contribution in [2.24, 2.45) is 16.6 Å². The molecule has 0 spiro atoms. The molecule has 0 amide bonds. The highest BCUT2D eigenvalue weighted by molar-refractivity contribution is 5.80. The van der Waals surface area contributed by atoms with Crippen LogP contribution in [0, 0.1) is 5.92 Å². The molecule has 1 rings (SSSR count). The molecule has 76 valence electrons. The molecule has 13 heavy (non-hydrogen) atoms. The van der Waals surface area contributed by atoms with Gasteiger partial charge in [-0.05, 0) is 18.8 Å². The Morgan fingerprint density at radius 3 is 2.69 bits per heavy atom. The fraction of sp³-hybridized carbons (Fsp3) is 0.909. The molecule has 1 aliphatic carbocycles. The number of aliphatic imine (C=N–C) groups is 1. The van der Waals surface area contributed by atoms with E-state index < -0.39 is 0 Å². The number of nitrogens with two attached hydrogens (primary N) is 1. The van der Waals surface area contributed by atoms with Crippen molar-refractivity contribution in [3.8, 4) is 0 Å². The molecule has 2 atom stereocenters. The van der Waals surface area contributed by atoms with Gasteiger partial charge in [0.2, 0.25) is 0 Å². The summed E-state index contributed by atoms with van der Waals surface area (Å²) in [5.41, 5.74) is 5.77. The van der Waals surface area contributed by atoms with E-state index >= 15 is 0 Å². The van der Waals surface area contributed by atoms with Crippen molar-refractivity contribution in [1.82, 2.24) is 0 Å². The third kappa shape index (κ3) is 3.37. The van der Waals surface area contributed by atoms with Gasteiger partial charge in [0, 0.05) is 6.42 Å². The quantitative estimate of drug-likeness (QED) is 0.398. The fourth-order valence-corrected chi connectivity index (χ4v) is 1.97. The van der Waals surface area contributed by atoms with Crippen molar-refractivity contribution in [2.75, 3.05) is 0 Å². The summed E-state index contributed by atoms with van der Waals surface area (Å²) >= 11 is 0. The van der Waals surface area contributed by atoms with E-state index in [0.29, 0.717) is 6.04 Å².